The van der Waals surface area contributed by atoms with E-state index in [1.165, 1.54) is 21.8 Å². The van der Waals surface area contributed by atoms with Crippen LogP contribution >= 0.6 is 11.8 Å². The molecule has 1 amide bonds. The van der Waals surface area contributed by atoms with Crippen LogP contribution in [0.15, 0.2) is 23.1 Å². The van der Waals surface area contributed by atoms with Crippen LogP contribution in [0.25, 0.3) is 0 Å². The number of hydrogen-bond acceptors (Lipinski definition) is 4. The summed E-state index contributed by atoms with van der Waals surface area (Å²) in [5.41, 5.74) is 7.68. The van der Waals surface area contributed by atoms with Gasteiger partial charge < -0.3 is 15.7 Å². The third kappa shape index (κ3) is 2.68. The Morgan fingerprint density at radius 3 is 3.11 bits per heavy atom. The van der Waals surface area contributed by atoms with Crippen molar-refractivity contribution in [2.24, 2.45) is 5.73 Å². The Bertz CT molecular complexity index is 451. The van der Waals surface area contributed by atoms with Crippen LogP contribution in [0, 0.1) is 0 Å². The number of anilines is 1. The summed E-state index contributed by atoms with van der Waals surface area (Å²) in [6.07, 6.45) is 2.24. The largest absolute Gasteiger partial charge is 0.394 e. The molecule has 0 bridgehead atoms. The predicted molar refractivity (Wildman–Crippen MR) is 74.0 cm³/mol. The number of hydrogen-bond donors (Lipinski definition) is 2. The molecule has 2 rings (SSSR count). The van der Waals surface area contributed by atoms with E-state index >= 15 is 0 Å². The zero-order chi connectivity index (χ0) is 13.1. The number of nitrogens with two attached hydrogens (primary N) is 1. The Labute approximate surface area is 111 Å². The summed E-state index contributed by atoms with van der Waals surface area (Å²) < 4.78 is 0. The van der Waals surface area contributed by atoms with Gasteiger partial charge in [0.1, 0.15) is 6.04 Å². The molecule has 0 fully saturated rings. The summed E-state index contributed by atoms with van der Waals surface area (Å²) in [5, 5.41) is 8.92. The van der Waals surface area contributed by atoms with Crippen LogP contribution in [0.2, 0.25) is 0 Å². The number of carbonyl (C=O) groups excluding carboxylic acids is 1. The maximum atomic E-state index is 11.9. The third-order valence-electron chi connectivity index (χ3n) is 3.12. The third-order valence-corrected chi connectivity index (χ3v) is 4.33. The number of benzene rings is 1. The van der Waals surface area contributed by atoms with E-state index in [4.69, 9.17) is 10.8 Å². The molecule has 1 aromatic rings. The van der Waals surface area contributed by atoms with Crippen molar-refractivity contribution in [1.29, 1.82) is 0 Å². The fourth-order valence-corrected chi connectivity index (χ4v) is 3.03. The van der Waals surface area contributed by atoms with Gasteiger partial charge in [-0.15, -0.1) is 11.8 Å². The van der Waals surface area contributed by atoms with Gasteiger partial charge in [0.05, 0.1) is 6.61 Å². The number of amides is 1. The lowest BCUT2D eigenvalue weighted by atomic mass is 10.1. The highest BCUT2D eigenvalue weighted by molar-refractivity contribution is 7.99. The molecule has 0 aliphatic carbocycles. The number of carbonyl (C=O) groups is 1. The summed E-state index contributed by atoms with van der Waals surface area (Å²) in [6.45, 7) is -0.329. The van der Waals surface area contributed by atoms with Crippen LogP contribution in [0.5, 0.6) is 0 Å². The van der Waals surface area contributed by atoms with Crippen molar-refractivity contribution < 1.29 is 9.90 Å². The molecule has 98 valence electrons. The van der Waals surface area contributed by atoms with Crippen LogP contribution in [-0.4, -0.2) is 36.5 Å². The van der Waals surface area contributed by atoms with Crippen molar-refractivity contribution in [3.8, 4) is 0 Å². The van der Waals surface area contributed by atoms with Crippen molar-refractivity contribution >= 4 is 23.4 Å². The first-order valence-corrected chi connectivity index (χ1v) is 7.02. The predicted octanol–water partition coefficient (Wildman–Crippen LogP) is 1.01. The van der Waals surface area contributed by atoms with Gasteiger partial charge in [-0.3, -0.25) is 4.79 Å². The van der Waals surface area contributed by atoms with Crippen LogP contribution < -0.4 is 10.6 Å². The normalized spacial score (nSPS) is 15.9. The van der Waals surface area contributed by atoms with Gasteiger partial charge in [-0.1, -0.05) is 0 Å². The number of aliphatic hydroxyl groups is 1. The molecule has 0 spiro atoms. The Kier molecular flexibility index (Phi) is 4.27. The first kappa shape index (κ1) is 13.4. The Morgan fingerprint density at radius 2 is 2.39 bits per heavy atom. The highest BCUT2D eigenvalue weighted by atomic mass is 32.2. The van der Waals surface area contributed by atoms with Gasteiger partial charge in [-0.25, -0.2) is 0 Å². The standard InChI is InChI=1S/C13H18N2O2S/c1-15(13(17)11(14)8-16)10-4-5-12-9(7-10)3-2-6-18-12/h4-5,7,11,16H,2-3,6,8,14H2,1H3. The van der Waals surface area contributed by atoms with E-state index in [0.717, 1.165) is 17.9 Å². The van der Waals surface area contributed by atoms with E-state index in [-0.39, 0.29) is 12.5 Å². The summed E-state index contributed by atoms with van der Waals surface area (Å²) in [4.78, 5) is 14.7. The quantitative estimate of drug-likeness (QED) is 0.857. The lowest BCUT2D eigenvalue weighted by Crippen LogP contribution is -2.44. The second kappa shape index (κ2) is 5.73. The molecule has 4 nitrogen and oxygen atoms in total. The first-order chi connectivity index (χ1) is 8.63. The van der Waals surface area contributed by atoms with E-state index in [0.29, 0.717) is 0 Å². The molecule has 1 aromatic carbocycles. The number of rotatable bonds is 3. The SMILES string of the molecule is CN(C(=O)C(N)CO)c1ccc2c(c1)CCCS2. The number of likely N-dealkylation sites (N-methyl/N-ethyl adjacent to an activating group) is 1. The summed E-state index contributed by atoms with van der Waals surface area (Å²) in [5.74, 6) is 0.900. The maximum Gasteiger partial charge on any atom is 0.246 e. The van der Waals surface area contributed by atoms with Crippen molar-refractivity contribution in [2.75, 3.05) is 24.3 Å². The monoisotopic (exact) mass is 266 g/mol. The molecule has 0 saturated carbocycles. The Balaban J connectivity index is 2.20. The fourth-order valence-electron chi connectivity index (χ4n) is 2.01. The molecule has 1 heterocycles. The highest BCUT2D eigenvalue weighted by Crippen LogP contribution is 2.32. The van der Waals surface area contributed by atoms with Crippen LogP contribution in [0.3, 0.4) is 0 Å². The average molecular weight is 266 g/mol. The van der Waals surface area contributed by atoms with Gasteiger partial charge in [-0.2, -0.15) is 0 Å². The minimum atomic E-state index is -0.847. The van der Waals surface area contributed by atoms with E-state index in [9.17, 15) is 4.79 Å². The van der Waals surface area contributed by atoms with Gasteiger partial charge in [0.15, 0.2) is 0 Å². The van der Waals surface area contributed by atoms with E-state index in [1.54, 1.807) is 7.05 Å². The van der Waals surface area contributed by atoms with Crippen LogP contribution in [-0.2, 0) is 11.2 Å². The molecule has 1 aliphatic heterocycles. The average Bonchev–Trinajstić information content (AvgIpc) is 2.44. The van der Waals surface area contributed by atoms with E-state index < -0.39 is 6.04 Å². The highest BCUT2D eigenvalue weighted by Gasteiger charge is 2.19. The molecule has 1 unspecified atom stereocenters. The van der Waals surface area contributed by atoms with Gasteiger partial charge in [0.2, 0.25) is 5.91 Å². The van der Waals surface area contributed by atoms with Crippen molar-refractivity contribution in [2.45, 2.75) is 23.8 Å². The Hall–Kier alpha value is -1.04. The van der Waals surface area contributed by atoms with Gasteiger partial charge in [0, 0.05) is 17.6 Å². The van der Waals surface area contributed by atoms with Gasteiger partial charge in [0.25, 0.3) is 0 Å². The molecule has 1 aliphatic rings. The number of thioether (sulfide) groups is 1. The molecule has 1 atom stereocenters. The molecule has 0 radical (unpaired) electrons. The maximum absolute atomic E-state index is 11.9. The molecular formula is C13H18N2O2S. The number of nitrogens with zero attached hydrogens (tertiary/aromatic N) is 1. The molecule has 3 N–H and O–H groups in total. The lowest BCUT2D eigenvalue weighted by molar-refractivity contribution is -0.120. The summed E-state index contributed by atoms with van der Waals surface area (Å²) in [7, 11) is 1.69. The van der Waals surface area contributed by atoms with Crippen LogP contribution in [0.4, 0.5) is 5.69 Å². The van der Waals surface area contributed by atoms with E-state index in [1.807, 2.05) is 23.9 Å². The second-order valence-corrected chi connectivity index (χ2v) is 5.57. The zero-order valence-electron chi connectivity index (χ0n) is 10.4. The van der Waals surface area contributed by atoms with Gasteiger partial charge in [-0.05, 0) is 42.4 Å². The minimum absolute atomic E-state index is 0.263. The number of aliphatic hydroxyl groups excluding tert-OH is 1. The molecular weight excluding hydrogens is 248 g/mol. The lowest BCUT2D eigenvalue weighted by Gasteiger charge is -2.23. The van der Waals surface area contributed by atoms with E-state index in [2.05, 4.69) is 6.07 Å². The summed E-state index contributed by atoms with van der Waals surface area (Å²) >= 11 is 1.86. The molecule has 18 heavy (non-hydrogen) atoms. The van der Waals surface area contributed by atoms with Crippen LogP contribution in [0.1, 0.15) is 12.0 Å². The topological polar surface area (TPSA) is 66.6 Å². The van der Waals surface area contributed by atoms with Crippen molar-refractivity contribution in [3.63, 3.8) is 0 Å². The van der Waals surface area contributed by atoms with Gasteiger partial charge >= 0.3 is 0 Å². The zero-order valence-corrected chi connectivity index (χ0v) is 11.2. The first-order valence-electron chi connectivity index (χ1n) is 6.03. The molecule has 5 heteroatoms. The number of aryl methyl sites for hydroxylation is 1. The molecule has 0 saturated heterocycles. The van der Waals surface area contributed by atoms with Crippen molar-refractivity contribution in [3.05, 3.63) is 23.8 Å². The Morgan fingerprint density at radius 1 is 1.61 bits per heavy atom. The fraction of sp³-hybridized carbons (Fsp3) is 0.462. The number of fused-ring (bicyclic) bond motifs is 1. The summed E-state index contributed by atoms with van der Waals surface area (Å²) in [6, 6.07) is 5.19. The minimum Gasteiger partial charge on any atom is -0.394 e. The second-order valence-electron chi connectivity index (χ2n) is 4.43. The van der Waals surface area contributed by atoms with Crippen molar-refractivity contribution in [1.82, 2.24) is 0 Å². The molecule has 0 aromatic heterocycles. The smallest absolute Gasteiger partial charge is 0.246 e.